The van der Waals surface area contributed by atoms with E-state index in [0.717, 1.165) is 0 Å². The third-order valence-electron chi connectivity index (χ3n) is 0.0913. The Hall–Kier alpha value is -0.230. The van der Waals surface area contributed by atoms with Crippen LogP contribution in [0.25, 0.3) is 0 Å². The predicted molar refractivity (Wildman–Crippen MR) is 22.3 cm³/mol. The van der Waals surface area contributed by atoms with Crippen LogP contribution in [0.15, 0.2) is 5.34 Å². The van der Waals surface area contributed by atoms with E-state index in [4.69, 9.17) is 4.91 Å². The summed E-state index contributed by atoms with van der Waals surface area (Å²) in [6, 6.07) is 0. The lowest BCUT2D eigenvalue weighted by atomic mass is 13.4. The molecular formula is NO3S2-. The zero-order valence-electron chi connectivity index (χ0n) is 2.49. The maximum absolute atomic E-state index is 9.45. The van der Waals surface area contributed by atoms with Crippen molar-refractivity contribution in [3.05, 3.63) is 4.91 Å². The number of rotatable bonds is 2. The maximum Gasteiger partial charge on any atom is 0.137 e. The fourth-order valence-electron chi connectivity index (χ4n) is 0.0248. The molecule has 6 heteroatoms. The Balaban J connectivity index is 3.32. The smallest absolute Gasteiger partial charge is 0.137 e. The third kappa shape index (κ3) is 3.77. The highest BCUT2D eigenvalue weighted by Crippen LogP contribution is 1.68. The van der Waals surface area contributed by atoms with Crippen LogP contribution in [0, 0.1) is 4.91 Å². The molecular weight excluding hydrogens is 126 g/mol. The fourth-order valence-corrected chi connectivity index (χ4v) is 0.149. The highest BCUT2D eigenvalue weighted by atomic mass is 32.8. The highest BCUT2D eigenvalue weighted by Gasteiger charge is 1.53. The van der Waals surface area contributed by atoms with E-state index in [0.29, 0.717) is 0 Å². The maximum atomic E-state index is 9.45. The quantitative estimate of drug-likeness (QED) is 0.297. The minimum Gasteiger partial charge on any atom is -0.421 e. The molecule has 0 saturated heterocycles. The summed E-state index contributed by atoms with van der Waals surface area (Å²) < 4.78 is 12.9. The molecule has 0 unspecified atom stereocenters. The monoisotopic (exact) mass is 126 g/mol. The average molecular weight is 126 g/mol. The first kappa shape index (κ1) is 5.77. The highest BCUT2D eigenvalue weighted by molar-refractivity contribution is 8.19. The summed E-state index contributed by atoms with van der Waals surface area (Å²) in [6.45, 7) is 0. The van der Waals surface area contributed by atoms with Crippen molar-refractivity contribution in [2.45, 2.75) is 0 Å². The molecule has 0 heterocycles. The molecule has 0 aliphatic heterocycles. The van der Waals surface area contributed by atoms with Crippen molar-refractivity contribution < 1.29 is 8.49 Å². The van der Waals surface area contributed by atoms with Crippen LogP contribution in [0.5, 0.6) is 0 Å². The van der Waals surface area contributed by atoms with E-state index >= 15 is 0 Å². The van der Waals surface area contributed by atoms with Gasteiger partial charge >= 0.3 is 0 Å². The van der Waals surface area contributed by atoms with Crippen LogP contribution in [-0.4, -0.2) is 0 Å². The van der Waals surface area contributed by atoms with Crippen LogP contribution in [0.4, 0.5) is 0 Å². The number of hydrogen-bond donors (Lipinski definition) is 0. The summed E-state index contributed by atoms with van der Waals surface area (Å²) in [5.41, 5.74) is 0. The summed E-state index contributed by atoms with van der Waals surface area (Å²) in [5.74, 6) is 0. The van der Waals surface area contributed by atoms with Crippen LogP contribution >= 0.6 is 0 Å². The van der Waals surface area contributed by atoms with E-state index < -0.39 is 9.64 Å². The summed E-state index contributed by atoms with van der Waals surface area (Å²) in [4.78, 5) is 8.88. The van der Waals surface area contributed by atoms with Gasteiger partial charge < -0.3 is 8.49 Å². The van der Waals surface area contributed by atoms with Crippen molar-refractivity contribution in [2.75, 3.05) is 0 Å². The lowest BCUT2D eigenvalue weighted by Gasteiger charge is -1.85. The van der Waals surface area contributed by atoms with Gasteiger partial charge in [0, 0.05) is 0 Å². The van der Waals surface area contributed by atoms with Gasteiger partial charge in [0.2, 0.25) is 0 Å². The summed E-state index contributed by atoms with van der Waals surface area (Å²) in [5, 5.41) is 1.78. The molecule has 0 atom stereocenters. The molecule has 0 saturated carbocycles. The topological polar surface area (TPSA) is 55.7 Å². The van der Waals surface area contributed by atoms with Gasteiger partial charge in [-0.25, -0.2) is 0 Å². The molecule has 0 aliphatic rings. The Bertz CT molecular complexity index is 95.4. The Morgan fingerprint density at radius 2 is 2.33 bits per heavy atom. The second-order valence-electron chi connectivity index (χ2n) is 0.353. The van der Waals surface area contributed by atoms with Crippen molar-refractivity contribution in [3.8, 4) is 0 Å². The number of nitrogens with zero attached hydrogens (tertiary/aromatic N) is 1. The zero-order valence-corrected chi connectivity index (χ0v) is 4.12. The molecule has 36 valence electrons. The van der Waals surface area contributed by atoms with Gasteiger partial charge in [-0.15, -0.1) is 4.91 Å². The Labute approximate surface area is 40.3 Å². The van der Waals surface area contributed by atoms with Gasteiger partial charge in [-0.1, -0.05) is 0 Å². The SMILES string of the molecule is O=NO[S-](=O)=S. The van der Waals surface area contributed by atoms with Gasteiger partial charge in [0.05, 0.1) is 0 Å². The van der Waals surface area contributed by atoms with Crippen LogP contribution in [0.1, 0.15) is 0 Å². The van der Waals surface area contributed by atoms with E-state index in [1.54, 1.807) is 5.34 Å². The van der Waals surface area contributed by atoms with Gasteiger partial charge in [-0.05, 0) is 9.64 Å². The van der Waals surface area contributed by atoms with E-state index in [-0.39, 0.29) is 0 Å². The minimum atomic E-state index is -1.96. The van der Waals surface area contributed by atoms with Crippen molar-refractivity contribution >= 4 is 20.8 Å². The molecule has 6 heavy (non-hydrogen) atoms. The predicted octanol–water partition coefficient (Wildman–Crippen LogP) is 0.0251. The molecule has 0 spiro atoms. The van der Waals surface area contributed by atoms with Crippen LogP contribution in [-0.2, 0) is 29.3 Å². The molecule has 0 aromatic rings. The second kappa shape index (κ2) is 2.98. The van der Waals surface area contributed by atoms with E-state index in [1.165, 1.54) is 0 Å². The Morgan fingerprint density at radius 3 is 2.33 bits per heavy atom. The normalized spacial score (nSPS) is 8.17. The van der Waals surface area contributed by atoms with Crippen molar-refractivity contribution in [1.82, 2.24) is 0 Å². The molecule has 0 aromatic carbocycles. The fraction of sp³-hybridized carbons (Fsp3) is 0. The zero-order chi connectivity index (χ0) is 4.99. The largest absolute Gasteiger partial charge is 0.421 e. The first-order valence-corrected chi connectivity index (χ1v) is 2.87. The molecule has 0 rings (SSSR count). The average Bonchev–Trinajstić information content (AvgIpc) is 1.35. The van der Waals surface area contributed by atoms with Crippen LogP contribution in [0.2, 0.25) is 0 Å². The second-order valence-corrected chi connectivity index (χ2v) is 1.73. The van der Waals surface area contributed by atoms with Crippen molar-refractivity contribution in [3.63, 3.8) is 0 Å². The van der Waals surface area contributed by atoms with E-state index in [9.17, 15) is 4.21 Å². The molecule has 0 amide bonds. The van der Waals surface area contributed by atoms with Crippen molar-refractivity contribution in [2.24, 2.45) is 5.34 Å². The van der Waals surface area contributed by atoms with Gasteiger partial charge in [0.25, 0.3) is 0 Å². The van der Waals surface area contributed by atoms with Gasteiger partial charge in [0.15, 0.2) is 0 Å². The van der Waals surface area contributed by atoms with Crippen molar-refractivity contribution in [1.29, 1.82) is 0 Å². The van der Waals surface area contributed by atoms with E-state index in [2.05, 4.69) is 15.5 Å². The number of hydrogen-bond acceptors (Lipinski definition) is 6. The molecule has 0 N–H and O–H groups in total. The molecule has 4 nitrogen and oxygen atoms in total. The van der Waals surface area contributed by atoms with Crippen LogP contribution < -0.4 is 0 Å². The van der Waals surface area contributed by atoms with Crippen LogP contribution in [0.3, 0.4) is 0 Å². The van der Waals surface area contributed by atoms with Gasteiger partial charge in [-0.2, -0.15) is 11.2 Å². The standard InChI is InChI=1S/NO3S2/c2-1-4-6(3)5/q-1. The molecule has 0 radical (unpaired) electrons. The Morgan fingerprint density at radius 1 is 1.83 bits per heavy atom. The lowest BCUT2D eigenvalue weighted by molar-refractivity contribution is 0.370. The molecule has 0 fully saturated rings. The lowest BCUT2D eigenvalue weighted by Crippen LogP contribution is -1.67. The first-order chi connectivity index (χ1) is 2.77. The third-order valence-corrected chi connectivity index (χ3v) is 0.456. The van der Waals surface area contributed by atoms with Gasteiger partial charge in [0.1, 0.15) is 5.34 Å². The van der Waals surface area contributed by atoms with E-state index in [1.807, 2.05) is 0 Å². The summed E-state index contributed by atoms with van der Waals surface area (Å²) >= 11 is 3.83. The summed E-state index contributed by atoms with van der Waals surface area (Å²) in [7, 11) is -1.96. The molecule has 0 bridgehead atoms. The molecule has 0 aliphatic carbocycles. The molecule has 0 aromatic heterocycles. The minimum absolute atomic E-state index is 1.78. The first-order valence-electron chi connectivity index (χ1n) is 0.865. The summed E-state index contributed by atoms with van der Waals surface area (Å²) in [6.07, 6.45) is 0. The Kier molecular flexibility index (Phi) is 2.87. The van der Waals surface area contributed by atoms with Gasteiger partial charge in [-0.3, -0.25) is 0 Å².